The highest BCUT2D eigenvalue weighted by atomic mass is 32.1. The summed E-state index contributed by atoms with van der Waals surface area (Å²) in [6.07, 6.45) is 1.16. The summed E-state index contributed by atoms with van der Waals surface area (Å²) in [5.74, 6) is 0.755. The average Bonchev–Trinajstić information content (AvgIpc) is 2.85. The van der Waals surface area contributed by atoms with Gasteiger partial charge in [0.05, 0.1) is 0 Å². The summed E-state index contributed by atoms with van der Waals surface area (Å²) in [5, 5.41) is 4.19. The van der Waals surface area contributed by atoms with Gasteiger partial charge in [-0.2, -0.15) is 4.37 Å². The maximum absolute atomic E-state index is 5.19. The molecule has 0 saturated carbocycles. The molecule has 0 fully saturated rings. The second-order valence-electron chi connectivity index (χ2n) is 4.20. The smallest absolute Gasteiger partial charge is 0.202 e. The Morgan fingerprint density at radius 1 is 1.39 bits per heavy atom. The van der Waals surface area contributed by atoms with Gasteiger partial charge in [-0.3, -0.25) is 0 Å². The third-order valence-electron chi connectivity index (χ3n) is 2.85. The van der Waals surface area contributed by atoms with Crippen LogP contribution >= 0.6 is 11.5 Å². The Hall–Kier alpha value is -0.720. The minimum absolute atomic E-state index is 0.0379. The van der Waals surface area contributed by atoms with Gasteiger partial charge in [-0.15, -0.1) is 0 Å². The number of nitrogens with one attached hydrogen (secondary N) is 1. The van der Waals surface area contributed by atoms with Crippen molar-refractivity contribution in [1.29, 1.82) is 0 Å². The van der Waals surface area contributed by atoms with Gasteiger partial charge < -0.3 is 15.0 Å². The molecule has 6 heteroatoms. The number of anilines is 1. The molecular weight excluding hydrogens is 248 g/mol. The molecule has 104 valence electrons. The average molecular weight is 272 g/mol. The highest BCUT2D eigenvalue weighted by Gasteiger charge is 2.10. The first-order chi connectivity index (χ1) is 8.71. The molecule has 0 radical (unpaired) electrons. The first-order valence-electron chi connectivity index (χ1n) is 6.53. The molecule has 1 unspecified atom stereocenters. The van der Waals surface area contributed by atoms with Gasteiger partial charge >= 0.3 is 0 Å². The highest BCUT2D eigenvalue weighted by molar-refractivity contribution is 7.09. The molecule has 0 aliphatic carbocycles. The number of likely N-dealkylation sites (N-methyl/N-ethyl adjacent to an activating group) is 1. The molecular formula is C12H24N4OS. The van der Waals surface area contributed by atoms with Crippen LogP contribution in [0.5, 0.6) is 0 Å². The van der Waals surface area contributed by atoms with Crippen molar-refractivity contribution >= 4 is 16.7 Å². The Kier molecular flexibility index (Phi) is 7.15. The minimum atomic E-state index is -0.0379. The van der Waals surface area contributed by atoms with Crippen molar-refractivity contribution in [3.63, 3.8) is 0 Å². The quantitative estimate of drug-likeness (QED) is 0.748. The highest BCUT2D eigenvalue weighted by Crippen LogP contribution is 2.17. The molecule has 0 bridgehead atoms. The summed E-state index contributed by atoms with van der Waals surface area (Å²) in [6.45, 7) is 10.5. The fourth-order valence-corrected chi connectivity index (χ4v) is 2.31. The lowest BCUT2D eigenvalue weighted by Gasteiger charge is -2.19. The van der Waals surface area contributed by atoms with Crippen LogP contribution in [0.4, 0.5) is 5.13 Å². The van der Waals surface area contributed by atoms with Gasteiger partial charge in [-0.05, 0) is 26.4 Å². The fraction of sp³-hybridized carbons (Fsp3) is 0.833. The van der Waals surface area contributed by atoms with Gasteiger partial charge in [-0.25, -0.2) is 4.98 Å². The molecule has 1 heterocycles. The lowest BCUT2D eigenvalue weighted by atomic mass is 10.4. The van der Waals surface area contributed by atoms with Crippen LogP contribution in [-0.2, 0) is 4.74 Å². The van der Waals surface area contributed by atoms with Crippen LogP contribution in [0.3, 0.4) is 0 Å². The van der Waals surface area contributed by atoms with Crippen molar-refractivity contribution in [2.45, 2.75) is 33.3 Å². The van der Waals surface area contributed by atoms with Crippen molar-refractivity contribution < 1.29 is 4.74 Å². The summed E-state index contributed by atoms with van der Waals surface area (Å²) < 4.78 is 9.46. The van der Waals surface area contributed by atoms with E-state index in [0.29, 0.717) is 0 Å². The van der Waals surface area contributed by atoms with E-state index in [1.165, 1.54) is 18.0 Å². The van der Waals surface area contributed by atoms with Crippen LogP contribution in [-0.4, -0.2) is 47.5 Å². The van der Waals surface area contributed by atoms with E-state index in [9.17, 15) is 0 Å². The van der Waals surface area contributed by atoms with Gasteiger partial charge in [0.15, 0.2) is 5.82 Å². The topological polar surface area (TPSA) is 50.3 Å². The van der Waals surface area contributed by atoms with E-state index >= 15 is 0 Å². The van der Waals surface area contributed by atoms with E-state index < -0.39 is 0 Å². The number of aromatic nitrogens is 2. The molecule has 1 aromatic heterocycles. The number of methoxy groups -OCH3 is 1. The molecule has 1 atom stereocenters. The normalized spacial score (nSPS) is 12.9. The minimum Gasteiger partial charge on any atom is -0.374 e. The summed E-state index contributed by atoms with van der Waals surface area (Å²) >= 11 is 1.40. The van der Waals surface area contributed by atoms with Crippen LogP contribution < -0.4 is 5.32 Å². The van der Waals surface area contributed by atoms with Gasteiger partial charge in [0, 0.05) is 31.7 Å². The number of hydrogen-bond donors (Lipinski definition) is 1. The number of ether oxygens (including phenoxy) is 1. The summed E-state index contributed by atoms with van der Waals surface area (Å²) in [5.41, 5.74) is 0. The first-order valence-corrected chi connectivity index (χ1v) is 7.31. The molecule has 0 spiro atoms. The molecule has 5 nitrogen and oxygen atoms in total. The molecule has 0 saturated heterocycles. The summed E-state index contributed by atoms with van der Waals surface area (Å²) in [7, 11) is 1.67. The number of hydrogen-bond acceptors (Lipinski definition) is 6. The predicted octanol–water partition coefficient (Wildman–Crippen LogP) is 2.39. The molecule has 1 rings (SSSR count). The standard InChI is InChI=1S/C12H24N4OS/c1-5-8-16(6-2)9-7-13-12-14-11(15-18-12)10(3)17-4/h10H,5-9H2,1-4H3,(H,13,14,15). The van der Waals surface area contributed by atoms with Crippen molar-refractivity contribution in [3.05, 3.63) is 5.82 Å². The maximum atomic E-state index is 5.19. The van der Waals surface area contributed by atoms with Crippen molar-refractivity contribution in [1.82, 2.24) is 14.3 Å². The summed E-state index contributed by atoms with van der Waals surface area (Å²) in [4.78, 5) is 6.83. The largest absolute Gasteiger partial charge is 0.374 e. The fourth-order valence-electron chi connectivity index (χ4n) is 1.64. The van der Waals surface area contributed by atoms with Crippen molar-refractivity contribution in [2.24, 2.45) is 0 Å². The SMILES string of the molecule is CCCN(CC)CCNc1nc(C(C)OC)ns1. The molecule has 0 amide bonds. The second-order valence-corrected chi connectivity index (χ2v) is 4.95. The molecule has 1 aromatic rings. The van der Waals surface area contributed by atoms with Gasteiger partial charge in [0.2, 0.25) is 5.13 Å². The second kappa shape index (κ2) is 8.39. The summed E-state index contributed by atoms with van der Waals surface area (Å²) in [6, 6.07) is 0. The van der Waals surface area contributed by atoms with E-state index in [1.807, 2.05) is 6.92 Å². The van der Waals surface area contributed by atoms with Crippen LogP contribution in [0.25, 0.3) is 0 Å². The van der Waals surface area contributed by atoms with Crippen molar-refractivity contribution in [2.75, 3.05) is 38.6 Å². The molecule has 1 N–H and O–H groups in total. The maximum Gasteiger partial charge on any atom is 0.202 e. The van der Waals surface area contributed by atoms with Gasteiger partial charge in [-0.1, -0.05) is 13.8 Å². The molecule has 0 aliphatic rings. The van der Waals surface area contributed by atoms with Crippen LogP contribution in [0.15, 0.2) is 0 Å². The molecule has 0 aliphatic heterocycles. The van der Waals surface area contributed by atoms with E-state index in [0.717, 1.165) is 37.1 Å². The van der Waals surface area contributed by atoms with Gasteiger partial charge in [0.25, 0.3) is 0 Å². The Morgan fingerprint density at radius 2 is 2.17 bits per heavy atom. The zero-order valence-corrected chi connectivity index (χ0v) is 12.6. The predicted molar refractivity (Wildman–Crippen MR) is 76.2 cm³/mol. The molecule has 0 aromatic carbocycles. The first kappa shape index (κ1) is 15.3. The van der Waals surface area contributed by atoms with E-state index in [1.54, 1.807) is 7.11 Å². The lowest BCUT2D eigenvalue weighted by Crippen LogP contribution is -2.29. The number of rotatable bonds is 9. The van der Waals surface area contributed by atoms with Gasteiger partial charge in [0.1, 0.15) is 6.10 Å². The Morgan fingerprint density at radius 3 is 2.78 bits per heavy atom. The zero-order valence-electron chi connectivity index (χ0n) is 11.8. The Bertz CT molecular complexity index is 332. The van der Waals surface area contributed by atoms with E-state index in [2.05, 4.69) is 33.4 Å². The van der Waals surface area contributed by atoms with E-state index in [-0.39, 0.29) is 6.10 Å². The van der Waals surface area contributed by atoms with E-state index in [4.69, 9.17) is 4.74 Å². The Labute approximate surface area is 114 Å². The third-order valence-corrected chi connectivity index (χ3v) is 3.54. The van der Waals surface area contributed by atoms with Crippen LogP contribution in [0.1, 0.15) is 39.1 Å². The Balaban J connectivity index is 2.32. The molecule has 18 heavy (non-hydrogen) atoms. The monoisotopic (exact) mass is 272 g/mol. The van der Waals surface area contributed by atoms with Crippen LogP contribution in [0, 0.1) is 0 Å². The zero-order chi connectivity index (χ0) is 13.4. The third kappa shape index (κ3) is 4.88. The van der Waals surface area contributed by atoms with Crippen molar-refractivity contribution in [3.8, 4) is 0 Å². The van der Waals surface area contributed by atoms with Crippen LogP contribution in [0.2, 0.25) is 0 Å². The lowest BCUT2D eigenvalue weighted by molar-refractivity contribution is 0.113. The number of nitrogens with zero attached hydrogens (tertiary/aromatic N) is 3.